The van der Waals surface area contributed by atoms with Crippen LogP contribution in [0.2, 0.25) is 0 Å². The van der Waals surface area contributed by atoms with Gasteiger partial charge in [0.2, 0.25) is 0 Å². The monoisotopic (exact) mass is 181 g/mol. The van der Waals surface area contributed by atoms with Crippen LogP contribution >= 0.6 is 0 Å². The Kier molecular flexibility index (Phi) is 3.55. The normalized spacial score (nSPS) is 13.6. The lowest BCUT2D eigenvalue weighted by Gasteiger charge is -2.12. The van der Waals surface area contributed by atoms with Gasteiger partial charge in [-0.2, -0.15) is 0 Å². The van der Waals surface area contributed by atoms with E-state index in [0.717, 1.165) is 18.1 Å². The maximum Gasteiger partial charge on any atom is 0.120 e. The van der Waals surface area contributed by atoms with Gasteiger partial charge >= 0.3 is 0 Å². The average molecular weight is 181 g/mol. The van der Waals surface area contributed by atoms with E-state index in [1.807, 2.05) is 19.1 Å². The van der Waals surface area contributed by atoms with E-state index in [1.54, 1.807) is 0 Å². The maximum absolute atomic E-state index is 5.52. The zero-order chi connectivity index (χ0) is 9.84. The van der Waals surface area contributed by atoms with Gasteiger partial charge in [-0.05, 0) is 38.4 Å². The number of hydrogen-bond donors (Lipinski definition) is 1. The van der Waals surface area contributed by atoms with E-state index in [1.165, 1.54) is 0 Å². The molecule has 2 heteroatoms. The van der Waals surface area contributed by atoms with Gasteiger partial charge in [-0.3, -0.25) is 0 Å². The highest BCUT2D eigenvalue weighted by Crippen LogP contribution is 2.15. The molecule has 1 heterocycles. The molecule has 0 aliphatic heterocycles. The smallest absolute Gasteiger partial charge is 0.120 e. The summed E-state index contributed by atoms with van der Waals surface area (Å²) in [7, 11) is 0. The van der Waals surface area contributed by atoms with E-state index >= 15 is 0 Å². The number of furan rings is 1. The molecule has 0 aliphatic carbocycles. The topological polar surface area (TPSA) is 25.2 Å². The summed E-state index contributed by atoms with van der Waals surface area (Å²) in [5.41, 5.74) is 0. The Balaban J connectivity index is 2.44. The molecule has 0 amide bonds. The zero-order valence-corrected chi connectivity index (χ0v) is 8.92. The highest BCUT2D eigenvalue weighted by molar-refractivity contribution is 5.08. The third-order valence-corrected chi connectivity index (χ3v) is 2.02. The molecule has 74 valence electrons. The molecule has 2 nitrogen and oxygen atoms in total. The molecule has 0 radical (unpaired) electrons. The van der Waals surface area contributed by atoms with Gasteiger partial charge in [-0.1, -0.05) is 13.8 Å². The van der Waals surface area contributed by atoms with Crippen LogP contribution < -0.4 is 5.32 Å². The van der Waals surface area contributed by atoms with Crippen molar-refractivity contribution in [3.63, 3.8) is 0 Å². The van der Waals surface area contributed by atoms with Crippen LogP contribution in [-0.4, -0.2) is 6.54 Å². The first kappa shape index (κ1) is 10.3. The second-order valence-electron chi connectivity index (χ2n) is 3.97. The van der Waals surface area contributed by atoms with Crippen LogP contribution in [-0.2, 0) is 0 Å². The highest BCUT2D eigenvalue weighted by Gasteiger charge is 2.08. The van der Waals surface area contributed by atoms with Crippen LogP contribution in [0.3, 0.4) is 0 Å². The summed E-state index contributed by atoms with van der Waals surface area (Å²) in [6, 6.07) is 4.35. The van der Waals surface area contributed by atoms with Gasteiger partial charge in [0.25, 0.3) is 0 Å². The Hall–Kier alpha value is -0.760. The minimum Gasteiger partial charge on any atom is -0.465 e. The molecule has 0 fully saturated rings. The quantitative estimate of drug-likeness (QED) is 0.772. The fourth-order valence-corrected chi connectivity index (χ4v) is 1.20. The third kappa shape index (κ3) is 3.23. The molecule has 0 aromatic carbocycles. The van der Waals surface area contributed by atoms with Gasteiger partial charge in [0, 0.05) is 0 Å². The van der Waals surface area contributed by atoms with E-state index in [0.29, 0.717) is 12.0 Å². The van der Waals surface area contributed by atoms with Crippen molar-refractivity contribution in [3.05, 3.63) is 23.7 Å². The molecule has 1 N–H and O–H groups in total. The Bertz CT molecular complexity index is 252. The first-order valence-electron chi connectivity index (χ1n) is 4.89. The molecule has 0 saturated heterocycles. The van der Waals surface area contributed by atoms with Crippen molar-refractivity contribution in [3.8, 4) is 0 Å². The predicted octanol–water partition coefficient (Wildman–Crippen LogP) is 2.89. The summed E-state index contributed by atoms with van der Waals surface area (Å²) < 4.78 is 5.52. The summed E-state index contributed by atoms with van der Waals surface area (Å²) in [6.45, 7) is 9.53. The Morgan fingerprint density at radius 3 is 2.46 bits per heavy atom. The Morgan fingerprint density at radius 2 is 2.00 bits per heavy atom. The summed E-state index contributed by atoms with van der Waals surface area (Å²) in [5.74, 6) is 2.69. The molecular formula is C11H19NO. The molecule has 1 unspecified atom stereocenters. The summed E-state index contributed by atoms with van der Waals surface area (Å²) in [4.78, 5) is 0. The number of nitrogens with one attached hydrogen (secondary N) is 1. The lowest BCUT2D eigenvalue weighted by atomic mass is 10.2. The van der Waals surface area contributed by atoms with E-state index in [-0.39, 0.29) is 0 Å². The molecule has 1 rings (SSSR count). The SMILES string of the molecule is Cc1ccc(C(C)NCC(C)C)o1. The lowest BCUT2D eigenvalue weighted by Crippen LogP contribution is -2.22. The molecular weight excluding hydrogens is 162 g/mol. The largest absolute Gasteiger partial charge is 0.465 e. The fraction of sp³-hybridized carbons (Fsp3) is 0.636. The van der Waals surface area contributed by atoms with Crippen LogP contribution in [0, 0.1) is 12.8 Å². The molecule has 0 saturated carbocycles. The van der Waals surface area contributed by atoms with E-state index in [9.17, 15) is 0 Å². The zero-order valence-electron chi connectivity index (χ0n) is 8.92. The first-order chi connectivity index (χ1) is 6.09. The maximum atomic E-state index is 5.52. The molecule has 1 aromatic rings. The van der Waals surface area contributed by atoms with Gasteiger partial charge in [-0.25, -0.2) is 0 Å². The van der Waals surface area contributed by atoms with E-state index < -0.39 is 0 Å². The molecule has 0 aliphatic rings. The minimum atomic E-state index is 0.316. The first-order valence-corrected chi connectivity index (χ1v) is 4.89. The molecule has 0 spiro atoms. The summed E-state index contributed by atoms with van der Waals surface area (Å²) >= 11 is 0. The van der Waals surface area contributed by atoms with E-state index in [4.69, 9.17) is 4.42 Å². The van der Waals surface area contributed by atoms with Gasteiger partial charge in [0.05, 0.1) is 6.04 Å². The average Bonchev–Trinajstić information content (AvgIpc) is 2.47. The molecule has 1 aromatic heterocycles. The summed E-state index contributed by atoms with van der Waals surface area (Å²) in [6.07, 6.45) is 0. The van der Waals surface area contributed by atoms with Crippen LogP contribution in [0.25, 0.3) is 0 Å². The van der Waals surface area contributed by atoms with Gasteiger partial charge in [0.15, 0.2) is 0 Å². The number of hydrogen-bond acceptors (Lipinski definition) is 2. The molecule has 0 bridgehead atoms. The van der Waals surface area contributed by atoms with Crippen LogP contribution in [0.1, 0.15) is 38.3 Å². The van der Waals surface area contributed by atoms with Crippen molar-refractivity contribution in [2.24, 2.45) is 5.92 Å². The van der Waals surface area contributed by atoms with Crippen molar-refractivity contribution in [1.29, 1.82) is 0 Å². The van der Waals surface area contributed by atoms with Crippen molar-refractivity contribution in [2.75, 3.05) is 6.54 Å². The Labute approximate surface area is 80.3 Å². The second-order valence-corrected chi connectivity index (χ2v) is 3.97. The number of aryl methyl sites for hydroxylation is 1. The third-order valence-electron chi connectivity index (χ3n) is 2.02. The minimum absolute atomic E-state index is 0.316. The molecule has 1 atom stereocenters. The highest BCUT2D eigenvalue weighted by atomic mass is 16.3. The lowest BCUT2D eigenvalue weighted by molar-refractivity contribution is 0.401. The van der Waals surface area contributed by atoms with Crippen LogP contribution in [0.5, 0.6) is 0 Å². The standard InChI is InChI=1S/C11H19NO/c1-8(2)7-12-10(4)11-6-5-9(3)13-11/h5-6,8,10,12H,7H2,1-4H3. The fourth-order valence-electron chi connectivity index (χ4n) is 1.20. The predicted molar refractivity (Wildman–Crippen MR) is 54.7 cm³/mol. The second kappa shape index (κ2) is 4.47. The molecule has 13 heavy (non-hydrogen) atoms. The van der Waals surface area contributed by atoms with Crippen LogP contribution in [0.15, 0.2) is 16.5 Å². The van der Waals surface area contributed by atoms with Crippen molar-refractivity contribution >= 4 is 0 Å². The van der Waals surface area contributed by atoms with Crippen molar-refractivity contribution in [2.45, 2.75) is 33.7 Å². The number of rotatable bonds is 4. The Morgan fingerprint density at radius 1 is 1.31 bits per heavy atom. The van der Waals surface area contributed by atoms with Gasteiger partial charge in [0.1, 0.15) is 11.5 Å². The van der Waals surface area contributed by atoms with Gasteiger partial charge in [-0.15, -0.1) is 0 Å². The van der Waals surface area contributed by atoms with Crippen molar-refractivity contribution < 1.29 is 4.42 Å². The van der Waals surface area contributed by atoms with Crippen molar-refractivity contribution in [1.82, 2.24) is 5.32 Å². The van der Waals surface area contributed by atoms with E-state index in [2.05, 4.69) is 26.1 Å². The van der Waals surface area contributed by atoms with Gasteiger partial charge < -0.3 is 9.73 Å². The van der Waals surface area contributed by atoms with Crippen LogP contribution in [0.4, 0.5) is 0 Å². The summed E-state index contributed by atoms with van der Waals surface area (Å²) in [5, 5.41) is 3.42.